The van der Waals surface area contributed by atoms with E-state index >= 15 is 0 Å². The zero-order chi connectivity index (χ0) is 12.6. The Bertz CT molecular complexity index is 529. The van der Waals surface area contributed by atoms with Gasteiger partial charge >= 0.3 is 0 Å². The van der Waals surface area contributed by atoms with Crippen molar-refractivity contribution < 1.29 is 0 Å². The lowest BCUT2D eigenvalue weighted by Gasteiger charge is -2.12. The number of hydrogen-bond donors (Lipinski definition) is 0. The van der Waals surface area contributed by atoms with Crippen molar-refractivity contribution in [2.45, 2.75) is 18.7 Å². The summed E-state index contributed by atoms with van der Waals surface area (Å²) >= 11 is 11.6. The van der Waals surface area contributed by atoms with Gasteiger partial charge in [-0.1, -0.05) is 34.1 Å². The topological polar surface area (TPSA) is 0 Å². The van der Waals surface area contributed by atoms with Crippen LogP contribution in [0.25, 0.3) is 0 Å². The molecule has 0 aliphatic heterocycles. The lowest BCUT2D eigenvalue weighted by molar-refractivity contribution is 1.18. The molecule has 0 saturated carbocycles. The Morgan fingerprint density at radius 3 is 2.59 bits per heavy atom. The van der Waals surface area contributed by atoms with Gasteiger partial charge in [-0.15, -0.1) is 11.3 Å². The van der Waals surface area contributed by atoms with E-state index in [4.69, 9.17) is 0 Å². The maximum atomic E-state index is 3.81. The number of aryl methyl sites for hydroxylation is 2. The van der Waals surface area contributed by atoms with E-state index in [0.29, 0.717) is 0 Å². The van der Waals surface area contributed by atoms with Crippen LogP contribution in [0.4, 0.5) is 0 Å². The first-order valence-electron chi connectivity index (χ1n) is 5.15. The molecule has 2 aromatic rings. The van der Waals surface area contributed by atoms with Crippen molar-refractivity contribution in [1.82, 2.24) is 0 Å². The molecule has 0 amide bonds. The first-order chi connectivity index (χ1) is 8.00. The fourth-order valence-corrected chi connectivity index (χ4v) is 5.08. The fourth-order valence-electron chi connectivity index (χ4n) is 1.63. The average molecular weight is 486 g/mol. The Kier molecular flexibility index (Phi) is 4.72. The quantitative estimate of drug-likeness (QED) is 0.350. The summed E-state index contributed by atoms with van der Waals surface area (Å²) in [6, 6.07) is 8.67. The Balaban J connectivity index is 2.43. The lowest BCUT2D eigenvalue weighted by atomic mass is 10.1. The maximum absolute atomic E-state index is 3.81. The zero-order valence-corrected chi connectivity index (χ0v) is 15.6. The molecule has 1 atom stereocenters. The molecule has 0 radical (unpaired) electrons. The monoisotopic (exact) mass is 484 g/mol. The molecule has 0 spiro atoms. The first-order valence-corrected chi connectivity index (χ1v) is 8.76. The highest BCUT2D eigenvalue weighted by Crippen LogP contribution is 2.40. The molecule has 1 unspecified atom stereocenters. The molecule has 90 valence electrons. The summed E-state index contributed by atoms with van der Waals surface area (Å²) in [6.07, 6.45) is 0. The minimum Gasteiger partial charge on any atom is -0.143 e. The van der Waals surface area contributed by atoms with Gasteiger partial charge in [-0.3, -0.25) is 0 Å². The van der Waals surface area contributed by atoms with Crippen molar-refractivity contribution in [3.05, 3.63) is 53.2 Å². The van der Waals surface area contributed by atoms with E-state index in [2.05, 4.69) is 92.6 Å². The molecule has 1 aromatic heterocycles. The fraction of sp³-hybridized carbons (Fsp3) is 0.231. The highest BCUT2D eigenvalue weighted by molar-refractivity contribution is 14.1. The molecule has 0 fully saturated rings. The second kappa shape index (κ2) is 5.72. The molecular formula is C13H11Br2IS. The van der Waals surface area contributed by atoms with Crippen LogP contribution in [0, 0.1) is 17.4 Å². The standard InChI is InChI=1S/C13H11Br2IS/c1-7-4-3-5-9(13(7)16)12(15)11-6-10(14)8(2)17-11/h3-6,12H,1-2H3. The average Bonchev–Trinajstić information content (AvgIpc) is 2.62. The predicted molar refractivity (Wildman–Crippen MR) is 91.4 cm³/mol. The van der Waals surface area contributed by atoms with Crippen LogP contribution in [0.2, 0.25) is 0 Å². The van der Waals surface area contributed by atoms with Gasteiger partial charge in [0.2, 0.25) is 0 Å². The number of alkyl halides is 1. The predicted octanol–water partition coefficient (Wildman–Crippen LogP) is 6.22. The highest BCUT2D eigenvalue weighted by atomic mass is 127. The van der Waals surface area contributed by atoms with Gasteiger partial charge in [0.25, 0.3) is 0 Å². The van der Waals surface area contributed by atoms with Crippen molar-refractivity contribution in [3.63, 3.8) is 0 Å². The van der Waals surface area contributed by atoms with Gasteiger partial charge in [0.1, 0.15) is 0 Å². The largest absolute Gasteiger partial charge is 0.143 e. The van der Waals surface area contributed by atoms with E-state index in [1.54, 1.807) is 0 Å². The summed E-state index contributed by atoms with van der Waals surface area (Å²) in [5, 5.41) is 0. The number of hydrogen-bond acceptors (Lipinski definition) is 1. The van der Waals surface area contributed by atoms with Gasteiger partial charge in [-0.2, -0.15) is 0 Å². The Morgan fingerprint density at radius 2 is 2.00 bits per heavy atom. The summed E-state index contributed by atoms with van der Waals surface area (Å²) in [6.45, 7) is 4.29. The van der Waals surface area contributed by atoms with E-state index in [1.807, 2.05) is 11.3 Å². The number of benzene rings is 1. The molecule has 0 aliphatic carbocycles. The maximum Gasteiger partial charge on any atom is 0.0748 e. The van der Waals surface area contributed by atoms with Crippen LogP contribution in [0.5, 0.6) is 0 Å². The Labute approximate surface area is 136 Å². The van der Waals surface area contributed by atoms with Crippen LogP contribution in [0.15, 0.2) is 28.7 Å². The van der Waals surface area contributed by atoms with Gasteiger partial charge in [0, 0.05) is 17.8 Å². The molecule has 1 aromatic carbocycles. The van der Waals surface area contributed by atoms with E-state index in [1.165, 1.54) is 28.9 Å². The van der Waals surface area contributed by atoms with Crippen molar-refractivity contribution in [3.8, 4) is 0 Å². The van der Waals surface area contributed by atoms with Crippen molar-refractivity contribution >= 4 is 65.8 Å². The molecule has 0 N–H and O–H groups in total. The molecular weight excluding hydrogens is 475 g/mol. The second-order valence-corrected chi connectivity index (χ2v) is 8.03. The van der Waals surface area contributed by atoms with Gasteiger partial charge in [-0.05, 0) is 69.6 Å². The van der Waals surface area contributed by atoms with Crippen molar-refractivity contribution in [2.75, 3.05) is 0 Å². The van der Waals surface area contributed by atoms with Crippen LogP contribution < -0.4 is 0 Å². The number of halogens is 3. The van der Waals surface area contributed by atoms with E-state index in [-0.39, 0.29) is 4.83 Å². The van der Waals surface area contributed by atoms with Crippen LogP contribution in [-0.2, 0) is 0 Å². The van der Waals surface area contributed by atoms with Crippen molar-refractivity contribution in [1.29, 1.82) is 0 Å². The number of rotatable bonds is 2. The third-order valence-electron chi connectivity index (χ3n) is 2.62. The highest BCUT2D eigenvalue weighted by Gasteiger charge is 2.17. The van der Waals surface area contributed by atoms with Crippen LogP contribution in [0.3, 0.4) is 0 Å². The van der Waals surface area contributed by atoms with E-state index in [0.717, 1.165) is 0 Å². The van der Waals surface area contributed by atoms with Crippen molar-refractivity contribution in [2.24, 2.45) is 0 Å². The normalized spacial score (nSPS) is 12.8. The lowest BCUT2D eigenvalue weighted by Crippen LogP contribution is -1.95. The summed E-state index contributed by atoms with van der Waals surface area (Å²) in [7, 11) is 0. The summed E-state index contributed by atoms with van der Waals surface area (Å²) < 4.78 is 2.54. The molecule has 0 saturated heterocycles. The Morgan fingerprint density at radius 1 is 1.29 bits per heavy atom. The second-order valence-electron chi connectivity index (χ2n) is 3.89. The van der Waals surface area contributed by atoms with Gasteiger partial charge in [0.15, 0.2) is 0 Å². The molecule has 4 heteroatoms. The minimum absolute atomic E-state index is 0.282. The molecule has 2 rings (SSSR count). The third-order valence-corrected chi connectivity index (χ3v) is 7.59. The van der Waals surface area contributed by atoms with Crippen LogP contribution >= 0.6 is 65.8 Å². The molecule has 1 heterocycles. The van der Waals surface area contributed by atoms with Gasteiger partial charge < -0.3 is 0 Å². The van der Waals surface area contributed by atoms with Gasteiger partial charge in [0.05, 0.1) is 4.83 Å². The molecule has 17 heavy (non-hydrogen) atoms. The zero-order valence-electron chi connectivity index (χ0n) is 9.43. The molecule has 0 aliphatic rings. The van der Waals surface area contributed by atoms with Gasteiger partial charge in [-0.25, -0.2) is 0 Å². The molecule has 0 bridgehead atoms. The summed E-state index contributed by atoms with van der Waals surface area (Å²) in [4.78, 5) is 2.95. The van der Waals surface area contributed by atoms with E-state index < -0.39 is 0 Å². The smallest absolute Gasteiger partial charge is 0.0748 e. The SMILES string of the molecule is Cc1cccc(C(Br)c2cc(Br)c(C)s2)c1I. The summed E-state index contributed by atoms with van der Waals surface area (Å²) in [5.41, 5.74) is 2.68. The minimum atomic E-state index is 0.282. The third kappa shape index (κ3) is 2.96. The summed E-state index contributed by atoms with van der Waals surface area (Å²) in [5.74, 6) is 0. The van der Waals surface area contributed by atoms with Crippen LogP contribution in [0.1, 0.15) is 25.7 Å². The number of thiophene rings is 1. The Hall–Kier alpha value is 0.610. The first kappa shape index (κ1) is 14.0. The molecule has 0 nitrogen and oxygen atoms in total. The van der Waals surface area contributed by atoms with E-state index in [9.17, 15) is 0 Å². The van der Waals surface area contributed by atoms with Crippen LogP contribution in [-0.4, -0.2) is 0 Å².